The number of rotatable bonds is 4. The Morgan fingerprint density at radius 1 is 1.11 bits per heavy atom. The summed E-state index contributed by atoms with van der Waals surface area (Å²) in [7, 11) is 0. The monoisotopic (exact) mass is 389 g/mol. The molecule has 0 bridgehead atoms. The standard InChI is InChI=1S/C20H27N3O3S/c1-20(2,3)26-19(25)23-13-11-22(12-14-23)18(24)10-6-9-17-21-15-7-4-5-8-16(15)27-17/h4-5,7-8H,6,9-14H2,1-3H3. The summed E-state index contributed by atoms with van der Waals surface area (Å²) in [4.78, 5) is 32.7. The first-order chi connectivity index (χ1) is 12.8. The number of carbonyl (C=O) groups is 2. The van der Waals surface area contributed by atoms with E-state index < -0.39 is 5.60 Å². The third-order valence-electron chi connectivity index (χ3n) is 4.40. The average molecular weight is 390 g/mol. The average Bonchev–Trinajstić information content (AvgIpc) is 3.03. The molecule has 2 heterocycles. The Morgan fingerprint density at radius 2 is 1.78 bits per heavy atom. The number of aryl methyl sites for hydroxylation is 1. The molecule has 0 spiro atoms. The second-order valence-electron chi connectivity index (χ2n) is 7.78. The second-order valence-corrected chi connectivity index (χ2v) is 8.89. The molecule has 6 nitrogen and oxygen atoms in total. The molecule has 1 aliphatic heterocycles. The van der Waals surface area contributed by atoms with Gasteiger partial charge in [0.1, 0.15) is 5.60 Å². The molecule has 2 aromatic rings. The summed E-state index contributed by atoms with van der Waals surface area (Å²) < 4.78 is 6.58. The van der Waals surface area contributed by atoms with E-state index in [-0.39, 0.29) is 12.0 Å². The molecule has 0 unspecified atom stereocenters. The lowest BCUT2D eigenvalue weighted by molar-refractivity contribution is -0.133. The Bertz CT molecular complexity index is 771. The Balaban J connectivity index is 1.41. The Labute approximate surface area is 164 Å². The number of carbonyl (C=O) groups excluding carboxylic acids is 2. The number of amides is 2. The van der Waals surface area contributed by atoms with Crippen molar-refractivity contribution in [1.29, 1.82) is 0 Å². The quantitative estimate of drug-likeness (QED) is 0.800. The van der Waals surface area contributed by atoms with Gasteiger partial charge in [0.05, 0.1) is 15.2 Å². The summed E-state index contributed by atoms with van der Waals surface area (Å²) >= 11 is 1.70. The van der Waals surface area contributed by atoms with Crippen molar-refractivity contribution in [2.75, 3.05) is 26.2 Å². The van der Waals surface area contributed by atoms with E-state index in [1.165, 1.54) is 4.70 Å². The van der Waals surface area contributed by atoms with E-state index in [2.05, 4.69) is 11.1 Å². The van der Waals surface area contributed by atoms with E-state index in [9.17, 15) is 9.59 Å². The molecule has 3 rings (SSSR count). The lowest BCUT2D eigenvalue weighted by Crippen LogP contribution is -2.51. The number of fused-ring (bicyclic) bond motifs is 1. The van der Waals surface area contributed by atoms with Gasteiger partial charge < -0.3 is 14.5 Å². The molecule has 0 N–H and O–H groups in total. The van der Waals surface area contributed by atoms with Gasteiger partial charge in [-0.1, -0.05) is 12.1 Å². The van der Waals surface area contributed by atoms with Crippen molar-refractivity contribution in [3.8, 4) is 0 Å². The number of nitrogens with zero attached hydrogens (tertiary/aromatic N) is 3. The van der Waals surface area contributed by atoms with Gasteiger partial charge in [0.2, 0.25) is 5.91 Å². The van der Waals surface area contributed by atoms with E-state index in [4.69, 9.17) is 4.74 Å². The van der Waals surface area contributed by atoms with Crippen LogP contribution in [0.15, 0.2) is 24.3 Å². The van der Waals surface area contributed by atoms with Gasteiger partial charge in [0, 0.05) is 32.6 Å². The highest BCUT2D eigenvalue weighted by molar-refractivity contribution is 7.18. The zero-order chi connectivity index (χ0) is 19.4. The summed E-state index contributed by atoms with van der Waals surface area (Å²) in [5, 5.41) is 1.08. The number of ether oxygens (including phenoxy) is 1. The first-order valence-electron chi connectivity index (χ1n) is 9.42. The predicted molar refractivity (Wildman–Crippen MR) is 107 cm³/mol. The fourth-order valence-corrected chi connectivity index (χ4v) is 4.05. The minimum absolute atomic E-state index is 0.153. The summed E-state index contributed by atoms with van der Waals surface area (Å²) in [6.07, 6.45) is 1.83. The van der Waals surface area contributed by atoms with Crippen LogP contribution < -0.4 is 0 Å². The highest BCUT2D eigenvalue weighted by Crippen LogP contribution is 2.23. The van der Waals surface area contributed by atoms with Crippen LogP contribution in [0.2, 0.25) is 0 Å². The Morgan fingerprint density at radius 3 is 2.44 bits per heavy atom. The van der Waals surface area contributed by atoms with E-state index in [0.717, 1.165) is 23.4 Å². The Hall–Kier alpha value is -2.15. The van der Waals surface area contributed by atoms with Gasteiger partial charge in [-0.3, -0.25) is 4.79 Å². The van der Waals surface area contributed by atoms with Gasteiger partial charge in [0.25, 0.3) is 0 Å². The number of piperazine rings is 1. The van der Waals surface area contributed by atoms with Crippen LogP contribution in [0.5, 0.6) is 0 Å². The van der Waals surface area contributed by atoms with Crippen molar-refractivity contribution in [3.05, 3.63) is 29.3 Å². The zero-order valence-corrected chi connectivity index (χ0v) is 17.1. The summed E-state index contributed by atoms with van der Waals surface area (Å²) in [5.74, 6) is 0.153. The highest BCUT2D eigenvalue weighted by atomic mass is 32.1. The number of para-hydroxylation sites is 1. The molecule has 146 valence electrons. The lowest BCUT2D eigenvalue weighted by Gasteiger charge is -2.35. The molecular weight excluding hydrogens is 362 g/mol. The van der Waals surface area contributed by atoms with Crippen molar-refractivity contribution in [3.63, 3.8) is 0 Å². The van der Waals surface area contributed by atoms with Crippen molar-refractivity contribution >= 4 is 33.6 Å². The van der Waals surface area contributed by atoms with Crippen molar-refractivity contribution in [2.45, 2.75) is 45.6 Å². The van der Waals surface area contributed by atoms with Gasteiger partial charge in [0.15, 0.2) is 0 Å². The lowest BCUT2D eigenvalue weighted by atomic mass is 10.2. The van der Waals surface area contributed by atoms with Crippen LogP contribution in [0.25, 0.3) is 10.2 Å². The smallest absolute Gasteiger partial charge is 0.410 e. The molecule has 7 heteroatoms. The van der Waals surface area contributed by atoms with Gasteiger partial charge >= 0.3 is 6.09 Å². The fraction of sp³-hybridized carbons (Fsp3) is 0.550. The van der Waals surface area contributed by atoms with Crippen LogP contribution in [0.4, 0.5) is 4.79 Å². The van der Waals surface area contributed by atoms with E-state index in [1.807, 2.05) is 43.9 Å². The summed E-state index contributed by atoms with van der Waals surface area (Å²) in [5.41, 5.74) is 0.534. The molecule has 0 saturated carbocycles. The number of aromatic nitrogens is 1. The minimum atomic E-state index is -0.495. The van der Waals surface area contributed by atoms with Gasteiger partial charge in [-0.05, 0) is 45.7 Å². The largest absolute Gasteiger partial charge is 0.444 e. The maximum absolute atomic E-state index is 12.4. The van der Waals surface area contributed by atoms with E-state index >= 15 is 0 Å². The van der Waals surface area contributed by atoms with Crippen LogP contribution in [0.1, 0.15) is 38.6 Å². The molecule has 27 heavy (non-hydrogen) atoms. The van der Waals surface area contributed by atoms with Crippen LogP contribution >= 0.6 is 11.3 Å². The van der Waals surface area contributed by atoms with E-state index in [0.29, 0.717) is 32.6 Å². The molecule has 1 aromatic carbocycles. The number of benzene rings is 1. The van der Waals surface area contributed by atoms with Crippen LogP contribution in [-0.2, 0) is 16.0 Å². The molecule has 1 aliphatic rings. The van der Waals surface area contributed by atoms with Gasteiger partial charge in [-0.2, -0.15) is 0 Å². The van der Waals surface area contributed by atoms with E-state index in [1.54, 1.807) is 16.2 Å². The Kier molecular flexibility index (Phi) is 5.99. The van der Waals surface area contributed by atoms with Crippen LogP contribution in [-0.4, -0.2) is 58.6 Å². The van der Waals surface area contributed by atoms with Crippen LogP contribution in [0, 0.1) is 0 Å². The topological polar surface area (TPSA) is 62.7 Å². The SMILES string of the molecule is CC(C)(C)OC(=O)N1CCN(C(=O)CCCc2nc3ccccc3s2)CC1. The molecule has 0 atom stereocenters. The molecule has 2 amide bonds. The molecule has 1 saturated heterocycles. The van der Waals surface area contributed by atoms with Gasteiger partial charge in [-0.25, -0.2) is 9.78 Å². The first-order valence-corrected chi connectivity index (χ1v) is 10.2. The number of hydrogen-bond acceptors (Lipinski definition) is 5. The zero-order valence-electron chi connectivity index (χ0n) is 16.2. The fourth-order valence-electron chi connectivity index (χ4n) is 3.04. The van der Waals surface area contributed by atoms with Crippen molar-refractivity contribution in [2.24, 2.45) is 0 Å². The van der Waals surface area contributed by atoms with Crippen molar-refractivity contribution in [1.82, 2.24) is 14.8 Å². The first kappa shape index (κ1) is 19.6. The normalized spacial score (nSPS) is 15.2. The third kappa shape index (κ3) is 5.42. The molecular formula is C20H27N3O3S. The summed E-state index contributed by atoms with van der Waals surface area (Å²) in [6, 6.07) is 8.10. The molecule has 1 aromatic heterocycles. The molecule has 0 aliphatic carbocycles. The van der Waals surface area contributed by atoms with Crippen molar-refractivity contribution < 1.29 is 14.3 Å². The maximum Gasteiger partial charge on any atom is 0.410 e. The maximum atomic E-state index is 12.4. The van der Waals surface area contributed by atoms with Gasteiger partial charge in [-0.15, -0.1) is 11.3 Å². The number of thiazole rings is 1. The third-order valence-corrected chi connectivity index (χ3v) is 5.50. The molecule has 0 radical (unpaired) electrons. The second kappa shape index (κ2) is 8.25. The van der Waals surface area contributed by atoms with Crippen LogP contribution in [0.3, 0.4) is 0 Å². The molecule has 1 fully saturated rings. The highest BCUT2D eigenvalue weighted by Gasteiger charge is 2.27. The number of hydrogen-bond donors (Lipinski definition) is 0. The summed E-state index contributed by atoms with van der Waals surface area (Å²) in [6.45, 7) is 7.76. The minimum Gasteiger partial charge on any atom is -0.444 e. The predicted octanol–water partition coefficient (Wildman–Crippen LogP) is 3.70.